The maximum atomic E-state index is 13.7. The minimum atomic E-state index is -4.02. The molecule has 0 saturated heterocycles. The fourth-order valence-electron chi connectivity index (χ4n) is 3.24. The van der Waals surface area contributed by atoms with Gasteiger partial charge in [-0.3, -0.25) is 9.59 Å². The van der Waals surface area contributed by atoms with Crippen LogP contribution in [0.15, 0.2) is 54.6 Å². The Morgan fingerprint density at radius 2 is 1.69 bits per heavy atom. The molecule has 35 heavy (non-hydrogen) atoms. The van der Waals surface area contributed by atoms with E-state index >= 15 is 0 Å². The lowest BCUT2D eigenvalue weighted by atomic mass is 9.98. The van der Waals surface area contributed by atoms with E-state index < -0.39 is 43.0 Å². The summed E-state index contributed by atoms with van der Waals surface area (Å²) in [5.74, 6) is -3.07. The molecule has 0 aromatic heterocycles. The first kappa shape index (κ1) is 26.6. The number of esters is 2. The van der Waals surface area contributed by atoms with Crippen LogP contribution in [0, 0.1) is 11.6 Å². The SMILES string of the molecule is COC(=O)C(C)c1ccc2cc(OP(=O)(Cl)N[C@@H](C)C(=O)OCc3ccc(F)cc3F)ccc2c1. The molecule has 0 aliphatic rings. The first-order valence-corrected chi connectivity index (χ1v) is 13.0. The quantitative estimate of drug-likeness (QED) is 0.277. The third-order valence-electron chi connectivity index (χ3n) is 5.20. The fraction of sp³-hybridized carbons (Fsp3) is 0.250. The Morgan fingerprint density at radius 3 is 2.37 bits per heavy atom. The molecule has 0 heterocycles. The van der Waals surface area contributed by atoms with Gasteiger partial charge in [0.15, 0.2) is 0 Å². The molecule has 0 spiro atoms. The Kier molecular flexibility index (Phi) is 8.48. The van der Waals surface area contributed by atoms with Crippen LogP contribution in [0.25, 0.3) is 10.8 Å². The lowest BCUT2D eigenvalue weighted by molar-refractivity contribution is -0.146. The van der Waals surface area contributed by atoms with Gasteiger partial charge in [0, 0.05) is 22.9 Å². The summed E-state index contributed by atoms with van der Waals surface area (Å²) in [5.41, 5.74) is 0.758. The van der Waals surface area contributed by atoms with Gasteiger partial charge >= 0.3 is 18.8 Å². The van der Waals surface area contributed by atoms with Crippen molar-refractivity contribution in [1.82, 2.24) is 5.09 Å². The predicted octanol–water partition coefficient (Wildman–Crippen LogP) is 5.84. The van der Waals surface area contributed by atoms with Gasteiger partial charge in [0.05, 0.1) is 13.0 Å². The molecule has 0 amide bonds. The van der Waals surface area contributed by atoms with Gasteiger partial charge in [0.25, 0.3) is 0 Å². The topological polar surface area (TPSA) is 90.9 Å². The van der Waals surface area contributed by atoms with Crippen molar-refractivity contribution in [2.45, 2.75) is 32.4 Å². The van der Waals surface area contributed by atoms with Crippen molar-refractivity contribution in [3.63, 3.8) is 0 Å². The van der Waals surface area contributed by atoms with Crippen LogP contribution in [0.5, 0.6) is 5.75 Å². The third kappa shape index (κ3) is 7.01. The summed E-state index contributed by atoms with van der Waals surface area (Å²) in [6.07, 6.45) is 0. The Morgan fingerprint density at radius 1 is 1.00 bits per heavy atom. The number of rotatable bonds is 9. The number of ether oxygens (including phenoxy) is 2. The van der Waals surface area contributed by atoms with Gasteiger partial charge in [0.1, 0.15) is 30.0 Å². The summed E-state index contributed by atoms with van der Waals surface area (Å²) in [4.78, 5) is 24.0. The van der Waals surface area contributed by atoms with Crippen molar-refractivity contribution in [2.75, 3.05) is 7.11 Å². The first-order chi connectivity index (χ1) is 16.5. The van der Waals surface area contributed by atoms with E-state index in [0.29, 0.717) is 6.07 Å². The lowest BCUT2D eigenvalue weighted by Crippen LogP contribution is -2.33. The molecular formula is C24H23ClF2NO6P. The molecule has 0 radical (unpaired) electrons. The van der Waals surface area contributed by atoms with Crippen molar-refractivity contribution in [3.8, 4) is 5.75 Å². The zero-order valence-electron chi connectivity index (χ0n) is 19.1. The van der Waals surface area contributed by atoms with E-state index in [4.69, 9.17) is 25.2 Å². The highest BCUT2D eigenvalue weighted by Gasteiger charge is 2.28. The molecule has 11 heteroatoms. The van der Waals surface area contributed by atoms with Gasteiger partial charge < -0.3 is 14.0 Å². The Labute approximate surface area is 205 Å². The summed E-state index contributed by atoms with van der Waals surface area (Å²) in [7, 11) is 1.33. The van der Waals surface area contributed by atoms with Gasteiger partial charge in [-0.25, -0.2) is 18.4 Å². The number of methoxy groups -OCH3 is 1. The van der Waals surface area contributed by atoms with Gasteiger partial charge in [-0.1, -0.05) is 24.3 Å². The van der Waals surface area contributed by atoms with Crippen molar-refractivity contribution < 1.29 is 36.9 Å². The van der Waals surface area contributed by atoms with Crippen molar-refractivity contribution in [2.24, 2.45) is 0 Å². The smallest absolute Gasteiger partial charge is 0.409 e. The monoisotopic (exact) mass is 525 g/mol. The molecule has 0 saturated carbocycles. The van der Waals surface area contributed by atoms with E-state index in [1.54, 1.807) is 37.3 Å². The Bertz CT molecular complexity index is 1300. The number of fused-ring (bicyclic) bond motifs is 1. The van der Waals surface area contributed by atoms with E-state index in [9.17, 15) is 22.9 Å². The molecule has 3 aromatic rings. The summed E-state index contributed by atoms with van der Waals surface area (Å²) < 4.78 is 54.5. The molecule has 3 aromatic carbocycles. The number of hydrogen-bond acceptors (Lipinski definition) is 6. The highest BCUT2D eigenvalue weighted by Crippen LogP contribution is 2.49. The van der Waals surface area contributed by atoms with E-state index in [1.807, 2.05) is 6.07 Å². The minimum Gasteiger partial charge on any atom is -0.469 e. The van der Waals surface area contributed by atoms with Crippen LogP contribution < -0.4 is 9.61 Å². The molecular weight excluding hydrogens is 503 g/mol. The lowest BCUT2D eigenvalue weighted by Gasteiger charge is -2.18. The highest BCUT2D eigenvalue weighted by molar-refractivity contribution is 7.84. The highest BCUT2D eigenvalue weighted by atomic mass is 35.7. The summed E-state index contributed by atoms with van der Waals surface area (Å²) >= 11 is 6.00. The van der Waals surface area contributed by atoms with E-state index in [1.165, 1.54) is 14.0 Å². The Hall–Kier alpha value is -3.00. The fourth-order valence-corrected chi connectivity index (χ4v) is 4.92. The normalized spacial score (nSPS) is 14.6. The van der Waals surface area contributed by atoms with Gasteiger partial charge in [-0.15, -0.1) is 0 Å². The van der Waals surface area contributed by atoms with Crippen molar-refractivity contribution in [1.29, 1.82) is 0 Å². The summed E-state index contributed by atoms with van der Waals surface area (Å²) in [5, 5.41) is 3.93. The number of nitrogens with one attached hydrogen (secondary N) is 1. The van der Waals surface area contributed by atoms with E-state index in [0.717, 1.165) is 28.5 Å². The van der Waals surface area contributed by atoms with E-state index in [-0.39, 0.29) is 17.3 Å². The molecule has 3 atom stereocenters. The minimum absolute atomic E-state index is 0.0162. The molecule has 2 unspecified atom stereocenters. The average Bonchev–Trinajstić information content (AvgIpc) is 2.81. The van der Waals surface area contributed by atoms with Gasteiger partial charge in [-0.2, -0.15) is 0 Å². The maximum absolute atomic E-state index is 13.7. The second-order valence-electron chi connectivity index (χ2n) is 7.78. The van der Waals surface area contributed by atoms with Gasteiger partial charge in [0.2, 0.25) is 0 Å². The molecule has 1 N–H and O–H groups in total. The molecule has 0 aliphatic heterocycles. The molecule has 0 aliphatic carbocycles. The van der Waals surface area contributed by atoms with Crippen LogP contribution >= 0.6 is 18.1 Å². The van der Waals surface area contributed by atoms with Crippen molar-refractivity contribution in [3.05, 3.63) is 77.4 Å². The number of hydrogen-bond donors (Lipinski definition) is 1. The zero-order valence-corrected chi connectivity index (χ0v) is 20.7. The summed E-state index contributed by atoms with van der Waals surface area (Å²) in [6.45, 7) is -1.37. The van der Waals surface area contributed by atoms with E-state index in [2.05, 4.69) is 5.09 Å². The molecule has 0 fully saturated rings. The van der Waals surface area contributed by atoms with Crippen LogP contribution in [0.1, 0.15) is 30.9 Å². The standard InChI is InChI=1S/C24H23ClF2NO6P/c1-14(23(29)32-3)16-4-5-18-11-21(9-7-17(18)10-16)34-35(25,31)28-15(2)24(30)33-13-19-6-8-20(26)12-22(19)27/h4-12,14-15H,13H2,1-3H3,(H,28,31)/t14?,15-,35?/m0/s1. The van der Waals surface area contributed by atoms with Crippen molar-refractivity contribution >= 4 is 40.8 Å². The molecule has 0 bridgehead atoms. The zero-order chi connectivity index (χ0) is 25.8. The third-order valence-corrected chi connectivity index (χ3v) is 6.84. The Balaban J connectivity index is 1.62. The second kappa shape index (κ2) is 11.2. The average molecular weight is 526 g/mol. The van der Waals surface area contributed by atoms with Crippen LogP contribution in [0.2, 0.25) is 0 Å². The number of halogens is 3. The number of carbonyl (C=O) groups is 2. The first-order valence-electron chi connectivity index (χ1n) is 10.5. The van der Waals surface area contributed by atoms with Crippen LogP contribution in [-0.4, -0.2) is 25.1 Å². The number of carbonyl (C=O) groups excluding carboxylic acids is 2. The maximum Gasteiger partial charge on any atom is 0.409 e. The van der Waals surface area contributed by atoms with Crippen LogP contribution in [0.4, 0.5) is 8.78 Å². The molecule has 7 nitrogen and oxygen atoms in total. The number of benzene rings is 3. The predicted molar refractivity (Wildman–Crippen MR) is 127 cm³/mol. The molecule has 186 valence electrons. The van der Waals surface area contributed by atoms with Crippen LogP contribution in [0.3, 0.4) is 0 Å². The van der Waals surface area contributed by atoms with Gasteiger partial charge in [-0.05, 0) is 54.4 Å². The summed E-state index contributed by atoms with van der Waals surface area (Å²) in [6, 6.07) is 12.0. The molecule has 3 rings (SSSR count). The largest absolute Gasteiger partial charge is 0.469 e. The second-order valence-corrected chi connectivity index (χ2v) is 10.5. The van der Waals surface area contributed by atoms with Crippen LogP contribution in [-0.2, 0) is 30.2 Å².